The summed E-state index contributed by atoms with van der Waals surface area (Å²) in [6, 6.07) is 14.1. The summed E-state index contributed by atoms with van der Waals surface area (Å²) in [7, 11) is 3.36. The molecular weight excluding hydrogens is 410 g/mol. The maximum Gasteiger partial charge on any atom is 0.173 e. The van der Waals surface area contributed by atoms with Gasteiger partial charge in [-0.15, -0.1) is 0 Å². The van der Waals surface area contributed by atoms with Crippen LogP contribution in [-0.2, 0) is 11.3 Å². The van der Waals surface area contributed by atoms with Crippen molar-refractivity contribution in [2.45, 2.75) is 19.9 Å². The number of morpholine rings is 1. The highest BCUT2D eigenvalue weighted by Crippen LogP contribution is 2.22. The molecular formula is C24H33N3O3S. The summed E-state index contributed by atoms with van der Waals surface area (Å²) in [5.74, 6) is 1.70. The topological polar surface area (TPSA) is 46.2 Å². The molecule has 0 radical (unpaired) electrons. The zero-order valence-corrected chi connectivity index (χ0v) is 19.5. The van der Waals surface area contributed by atoms with Crippen molar-refractivity contribution in [3.05, 3.63) is 53.6 Å². The van der Waals surface area contributed by atoms with Gasteiger partial charge in [0.15, 0.2) is 5.11 Å². The number of benzene rings is 2. The molecule has 1 saturated heterocycles. The van der Waals surface area contributed by atoms with Crippen molar-refractivity contribution in [3.8, 4) is 11.5 Å². The Bertz CT molecular complexity index is 838. The second kappa shape index (κ2) is 11.9. The zero-order chi connectivity index (χ0) is 22.1. The van der Waals surface area contributed by atoms with Crippen molar-refractivity contribution in [2.24, 2.45) is 0 Å². The quantitative estimate of drug-likeness (QED) is 0.589. The predicted molar refractivity (Wildman–Crippen MR) is 129 cm³/mol. The third kappa shape index (κ3) is 7.09. The molecule has 2 aromatic carbocycles. The van der Waals surface area contributed by atoms with Crippen LogP contribution in [0.2, 0.25) is 0 Å². The van der Waals surface area contributed by atoms with Gasteiger partial charge in [-0.1, -0.05) is 12.1 Å². The van der Waals surface area contributed by atoms with E-state index >= 15 is 0 Å². The third-order valence-corrected chi connectivity index (χ3v) is 5.86. The first-order valence-electron chi connectivity index (χ1n) is 10.7. The fraction of sp³-hybridized carbons (Fsp3) is 0.458. The Kier molecular flexibility index (Phi) is 8.94. The lowest BCUT2D eigenvalue weighted by Gasteiger charge is -2.30. The molecule has 168 valence electrons. The van der Waals surface area contributed by atoms with E-state index in [2.05, 4.69) is 34.2 Å². The van der Waals surface area contributed by atoms with Gasteiger partial charge in [0.2, 0.25) is 0 Å². The van der Waals surface area contributed by atoms with E-state index in [1.807, 2.05) is 30.3 Å². The Morgan fingerprint density at radius 3 is 2.39 bits per heavy atom. The molecule has 1 N–H and O–H groups in total. The van der Waals surface area contributed by atoms with E-state index in [-0.39, 0.29) is 0 Å². The van der Waals surface area contributed by atoms with Crippen molar-refractivity contribution in [1.82, 2.24) is 9.80 Å². The molecule has 0 atom stereocenters. The van der Waals surface area contributed by atoms with Crippen LogP contribution in [0.3, 0.4) is 0 Å². The number of ether oxygens (including phenoxy) is 3. The van der Waals surface area contributed by atoms with Crippen LogP contribution in [0, 0.1) is 6.92 Å². The Morgan fingerprint density at radius 1 is 1.06 bits per heavy atom. The van der Waals surface area contributed by atoms with Crippen LogP contribution in [-0.4, -0.2) is 68.5 Å². The lowest BCUT2D eigenvalue weighted by molar-refractivity contribution is 0.0368. The molecule has 0 amide bonds. The van der Waals surface area contributed by atoms with Crippen molar-refractivity contribution >= 4 is 23.0 Å². The standard InChI is InChI=1S/C24H33N3O3S/c1-19-17-22(29-3)9-10-23(19)25-24(31)27(12-4-11-26-13-15-30-16-14-26)18-20-5-7-21(28-2)8-6-20/h5-10,17H,4,11-16,18H2,1-3H3,(H,25,31). The number of rotatable bonds is 9. The Labute approximate surface area is 191 Å². The summed E-state index contributed by atoms with van der Waals surface area (Å²) >= 11 is 5.82. The molecule has 0 saturated carbocycles. The number of hydrogen-bond acceptors (Lipinski definition) is 5. The van der Waals surface area contributed by atoms with E-state index in [4.69, 9.17) is 26.4 Å². The molecule has 0 aromatic heterocycles. The molecule has 0 spiro atoms. The van der Waals surface area contributed by atoms with Crippen molar-refractivity contribution in [3.63, 3.8) is 0 Å². The average Bonchev–Trinajstić information content (AvgIpc) is 2.80. The third-order valence-electron chi connectivity index (χ3n) is 5.50. The fourth-order valence-corrected chi connectivity index (χ4v) is 3.88. The molecule has 7 heteroatoms. The van der Waals surface area contributed by atoms with Gasteiger partial charge in [-0.2, -0.15) is 0 Å². The molecule has 6 nitrogen and oxygen atoms in total. The minimum absolute atomic E-state index is 0.728. The van der Waals surface area contributed by atoms with Gasteiger partial charge in [0.1, 0.15) is 11.5 Å². The highest BCUT2D eigenvalue weighted by atomic mass is 32.1. The smallest absolute Gasteiger partial charge is 0.173 e. The molecule has 0 aliphatic carbocycles. The molecule has 1 aliphatic rings. The lowest BCUT2D eigenvalue weighted by atomic mass is 10.2. The number of nitrogens with one attached hydrogen (secondary N) is 1. The summed E-state index contributed by atoms with van der Waals surface area (Å²) in [5, 5.41) is 4.16. The van der Waals surface area contributed by atoms with Gasteiger partial charge in [-0.05, 0) is 67.0 Å². The number of thiocarbonyl (C=S) groups is 1. The van der Waals surface area contributed by atoms with E-state index in [0.29, 0.717) is 0 Å². The van der Waals surface area contributed by atoms with E-state index in [1.165, 1.54) is 5.56 Å². The van der Waals surface area contributed by atoms with Crippen molar-refractivity contribution in [1.29, 1.82) is 0 Å². The number of anilines is 1. The first kappa shape index (κ1) is 23.3. The zero-order valence-electron chi connectivity index (χ0n) is 18.7. The number of nitrogens with zero attached hydrogens (tertiary/aromatic N) is 2. The lowest BCUT2D eigenvalue weighted by Crippen LogP contribution is -2.40. The van der Waals surface area contributed by atoms with E-state index in [1.54, 1.807) is 14.2 Å². The predicted octanol–water partition coefficient (Wildman–Crippen LogP) is 3.93. The minimum Gasteiger partial charge on any atom is -0.497 e. The van der Waals surface area contributed by atoms with Gasteiger partial charge < -0.3 is 24.4 Å². The second-order valence-corrected chi connectivity index (χ2v) is 8.07. The van der Waals surface area contributed by atoms with Crippen LogP contribution in [0.25, 0.3) is 0 Å². The van der Waals surface area contributed by atoms with E-state index in [0.717, 1.165) is 80.2 Å². The Morgan fingerprint density at radius 2 is 1.74 bits per heavy atom. The van der Waals surface area contributed by atoms with Crippen LogP contribution in [0.15, 0.2) is 42.5 Å². The van der Waals surface area contributed by atoms with Crippen molar-refractivity contribution < 1.29 is 14.2 Å². The highest BCUT2D eigenvalue weighted by molar-refractivity contribution is 7.80. The maximum absolute atomic E-state index is 5.82. The molecule has 0 unspecified atom stereocenters. The first-order valence-corrected chi connectivity index (χ1v) is 11.1. The monoisotopic (exact) mass is 443 g/mol. The molecule has 0 bridgehead atoms. The van der Waals surface area contributed by atoms with Gasteiger partial charge in [0.25, 0.3) is 0 Å². The van der Waals surface area contributed by atoms with E-state index < -0.39 is 0 Å². The fourth-order valence-electron chi connectivity index (χ4n) is 3.61. The van der Waals surface area contributed by atoms with Gasteiger partial charge in [-0.25, -0.2) is 0 Å². The molecule has 1 aliphatic heterocycles. The first-order chi connectivity index (χ1) is 15.1. The number of hydrogen-bond donors (Lipinski definition) is 1. The van der Waals surface area contributed by atoms with Gasteiger partial charge in [0, 0.05) is 38.4 Å². The minimum atomic E-state index is 0.728. The van der Waals surface area contributed by atoms with Crippen LogP contribution in [0.5, 0.6) is 11.5 Å². The van der Waals surface area contributed by atoms with E-state index in [9.17, 15) is 0 Å². The Balaban J connectivity index is 1.65. The SMILES string of the molecule is COc1ccc(CN(CCCN2CCOCC2)C(=S)Nc2ccc(OC)cc2C)cc1. The normalized spacial score (nSPS) is 14.2. The van der Waals surface area contributed by atoms with Gasteiger partial charge in [-0.3, -0.25) is 4.90 Å². The highest BCUT2D eigenvalue weighted by Gasteiger charge is 2.15. The number of aryl methyl sites for hydroxylation is 1. The average molecular weight is 444 g/mol. The summed E-state index contributed by atoms with van der Waals surface area (Å²) in [5.41, 5.74) is 3.29. The largest absolute Gasteiger partial charge is 0.497 e. The number of methoxy groups -OCH3 is 2. The molecule has 3 rings (SSSR count). The summed E-state index contributed by atoms with van der Waals surface area (Å²) in [6.07, 6.45) is 1.04. The molecule has 1 heterocycles. The van der Waals surface area contributed by atoms with Crippen LogP contribution in [0.4, 0.5) is 5.69 Å². The molecule has 1 fully saturated rings. The molecule has 2 aromatic rings. The van der Waals surface area contributed by atoms with Crippen LogP contribution < -0.4 is 14.8 Å². The van der Waals surface area contributed by atoms with Crippen LogP contribution in [0.1, 0.15) is 17.5 Å². The summed E-state index contributed by atoms with van der Waals surface area (Å²) in [6.45, 7) is 8.39. The summed E-state index contributed by atoms with van der Waals surface area (Å²) in [4.78, 5) is 4.69. The van der Waals surface area contributed by atoms with Crippen LogP contribution >= 0.6 is 12.2 Å². The summed E-state index contributed by atoms with van der Waals surface area (Å²) < 4.78 is 16.1. The van der Waals surface area contributed by atoms with Gasteiger partial charge in [0.05, 0.1) is 27.4 Å². The Hall–Kier alpha value is -2.35. The van der Waals surface area contributed by atoms with Gasteiger partial charge >= 0.3 is 0 Å². The van der Waals surface area contributed by atoms with Crippen molar-refractivity contribution in [2.75, 3.05) is 58.9 Å². The maximum atomic E-state index is 5.82. The second-order valence-electron chi connectivity index (χ2n) is 7.69. The molecule has 31 heavy (non-hydrogen) atoms.